The van der Waals surface area contributed by atoms with Gasteiger partial charge in [0.05, 0.1) is 25.3 Å². The van der Waals surface area contributed by atoms with Gasteiger partial charge in [0.15, 0.2) is 0 Å². The average molecular weight is 514 g/mol. The molecule has 3 unspecified atom stereocenters. The molecule has 0 spiro atoms. The van der Waals surface area contributed by atoms with Gasteiger partial charge >= 0.3 is 11.9 Å². The lowest BCUT2D eigenvalue weighted by Gasteiger charge is -2.21. The Morgan fingerprint density at radius 2 is 1.73 bits per heavy atom. The molecule has 2 aromatic heterocycles. The number of amides is 3. The Morgan fingerprint density at radius 1 is 0.973 bits per heavy atom. The molecule has 2 heterocycles. The predicted octanol–water partition coefficient (Wildman–Crippen LogP) is -1.35. The highest BCUT2D eigenvalue weighted by atomic mass is 16.4. The first-order chi connectivity index (χ1) is 17.6. The fourth-order valence-electron chi connectivity index (χ4n) is 3.64. The highest BCUT2D eigenvalue weighted by Crippen LogP contribution is 2.19. The van der Waals surface area contributed by atoms with E-state index < -0.39 is 60.8 Å². The summed E-state index contributed by atoms with van der Waals surface area (Å²) in [4.78, 5) is 69.8. The van der Waals surface area contributed by atoms with Gasteiger partial charge in [0.2, 0.25) is 17.7 Å². The largest absolute Gasteiger partial charge is 0.481 e. The number of nitrogens with one attached hydrogen (secondary N) is 5. The number of carboxylic acid groups (broad SMARTS) is 2. The molecular weight excluding hydrogens is 486 g/mol. The van der Waals surface area contributed by atoms with Crippen LogP contribution in [0.5, 0.6) is 0 Å². The van der Waals surface area contributed by atoms with E-state index >= 15 is 0 Å². The number of fused-ring (bicyclic) bond motifs is 1. The Hall–Kier alpha value is -4.72. The Kier molecular flexibility index (Phi) is 8.94. The number of carboxylic acids is 2. The minimum Gasteiger partial charge on any atom is -0.481 e. The lowest BCUT2D eigenvalue weighted by atomic mass is 10.0. The predicted molar refractivity (Wildman–Crippen MR) is 129 cm³/mol. The summed E-state index contributed by atoms with van der Waals surface area (Å²) >= 11 is 0. The standard InChI is InChI=1S/C23H27N7O7/c24-15(7-20(32)33)21(34)27-10-19(31)29-17(6-13-9-25-11-28-13)22(35)30-18(23(36)37)5-12-8-26-16-4-2-1-3-14(12)16/h1-4,8-9,11,15,17-18,26H,5-7,10,24H2,(H,25,28)(H,27,34)(H,29,31)(H,30,35)(H,32,33)(H,36,37). The molecule has 3 aromatic rings. The van der Waals surface area contributed by atoms with Gasteiger partial charge in [-0.25, -0.2) is 9.78 Å². The topological polar surface area (TPSA) is 232 Å². The molecule has 9 N–H and O–H groups in total. The van der Waals surface area contributed by atoms with Crippen molar-refractivity contribution in [2.24, 2.45) is 5.73 Å². The van der Waals surface area contributed by atoms with E-state index in [4.69, 9.17) is 10.8 Å². The number of nitrogens with zero attached hydrogens (tertiary/aromatic N) is 1. The molecule has 14 nitrogen and oxygen atoms in total. The number of nitrogens with two attached hydrogens (primary N) is 1. The van der Waals surface area contributed by atoms with Crippen LogP contribution in [0.15, 0.2) is 43.0 Å². The van der Waals surface area contributed by atoms with E-state index in [1.54, 1.807) is 6.20 Å². The average Bonchev–Trinajstić information content (AvgIpc) is 3.51. The molecule has 0 aliphatic carbocycles. The van der Waals surface area contributed by atoms with E-state index in [9.17, 15) is 29.1 Å². The van der Waals surface area contributed by atoms with E-state index in [1.807, 2.05) is 24.3 Å². The summed E-state index contributed by atoms with van der Waals surface area (Å²) in [5.74, 6) is -4.91. The molecule has 0 saturated carbocycles. The Balaban J connectivity index is 1.67. The number of imidazole rings is 1. The van der Waals surface area contributed by atoms with Crippen LogP contribution in [0.3, 0.4) is 0 Å². The minimum atomic E-state index is -1.35. The zero-order chi connectivity index (χ0) is 26.9. The van der Waals surface area contributed by atoms with Gasteiger partial charge < -0.3 is 41.9 Å². The van der Waals surface area contributed by atoms with Gasteiger partial charge in [0, 0.05) is 41.8 Å². The number of aromatic nitrogens is 3. The summed E-state index contributed by atoms with van der Waals surface area (Å²) in [7, 11) is 0. The smallest absolute Gasteiger partial charge is 0.326 e. The van der Waals surface area contributed by atoms with Gasteiger partial charge in [-0.1, -0.05) is 18.2 Å². The summed E-state index contributed by atoms with van der Waals surface area (Å²) in [5.41, 5.74) is 7.47. The second kappa shape index (κ2) is 12.3. The molecule has 1 aromatic carbocycles. The molecule has 0 fully saturated rings. The van der Waals surface area contributed by atoms with Gasteiger partial charge in [-0.15, -0.1) is 0 Å². The summed E-state index contributed by atoms with van der Waals surface area (Å²) in [5, 5.41) is 26.4. The molecule has 0 aliphatic heterocycles. The van der Waals surface area contributed by atoms with Crippen molar-refractivity contribution in [2.75, 3.05) is 6.54 Å². The van der Waals surface area contributed by atoms with Crippen LogP contribution in [0.4, 0.5) is 0 Å². The number of benzene rings is 1. The first-order valence-electron chi connectivity index (χ1n) is 11.2. The maximum atomic E-state index is 13.1. The maximum Gasteiger partial charge on any atom is 0.326 e. The zero-order valence-electron chi connectivity index (χ0n) is 19.6. The van der Waals surface area contributed by atoms with Gasteiger partial charge in [-0.05, 0) is 11.6 Å². The van der Waals surface area contributed by atoms with Crippen LogP contribution in [0.2, 0.25) is 0 Å². The molecule has 3 atom stereocenters. The Morgan fingerprint density at radius 3 is 2.41 bits per heavy atom. The molecular formula is C23H27N7O7. The number of aromatic amines is 2. The van der Waals surface area contributed by atoms with Gasteiger partial charge in [-0.2, -0.15) is 0 Å². The number of carbonyl (C=O) groups excluding carboxylic acids is 3. The summed E-state index contributed by atoms with van der Waals surface area (Å²) in [6, 6.07) is 3.48. The summed E-state index contributed by atoms with van der Waals surface area (Å²) in [6.45, 7) is -0.573. The first-order valence-corrected chi connectivity index (χ1v) is 11.2. The lowest BCUT2D eigenvalue weighted by molar-refractivity contribution is -0.142. The second-order valence-corrected chi connectivity index (χ2v) is 8.29. The van der Waals surface area contributed by atoms with E-state index in [0.29, 0.717) is 11.3 Å². The van der Waals surface area contributed by atoms with Crippen molar-refractivity contribution in [3.8, 4) is 0 Å². The Bertz CT molecular complexity index is 1270. The van der Waals surface area contributed by atoms with Crippen molar-refractivity contribution < 1.29 is 34.2 Å². The van der Waals surface area contributed by atoms with E-state index in [-0.39, 0.29) is 12.8 Å². The van der Waals surface area contributed by atoms with Crippen LogP contribution in [0.1, 0.15) is 17.7 Å². The number of H-pyrrole nitrogens is 2. The highest BCUT2D eigenvalue weighted by Gasteiger charge is 2.28. The third-order valence-corrected chi connectivity index (χ3v) is 5.50. The molecule has 0 bridgehead atoms. The molecule has 196 valence electrons. The zero-order valence-corrected chi connectivity index (χ0v) is 19.6. The first kappa shape index (κ1) is 26.9. The number of carbonyl (C=O) groups is 5. The monoisotopic (exact) mass is 513 g/mol. The maximum absolute atomic E-state index is 13.1. The van der Waals surface area contributed by atoms with Gasteiger partial charge in [0.1, 0.15) is 12.1 Å². The summed E-state index contributed by atoms with van der Waals surface area (Å²) < 4.78 is 0. The molecule has 0 saturated heterocycles. The highest BCUT2D eigenvalue weighted by molar-refractivity contribution is 5.93. The summed E-state index contributed by atoms with van der Waals surface area (Å²) in [6.07, 6.45) is 3.84. The number of aliphatic carboxylic acids is 2. The van der Waals surface area contributed by atoms with Crippen molar-refractivity contribution in [3.05, 3.63) is 54.2 Å². The second-order valence-electron chi connectivity index (χ2n) is 8.29. The van der Waals surface area contributed by atoms with E-state index in [0.717, 1.165) is 10.9 Å². The van der Waals surface area contributed by atoms with E-state index in [1.165, 1.54) is 12.5 Å². The number of rotatable bonds is 13. The van der Waals surface area contributed by atoms with Gasteiger partial charge in [-0.3, -0.25) is 19.2 Å². The molecule has 3 amide bonds. The quantitative estimate of drug-likeness (QED) is 0.135. The van der Waals surface area contributed by atoms with Crippen LogP contribution >= 0.6 is 0 Å². The SMILES string of the molecule is NC(CC(=O)O)C(=O)NCC(=O)NC(Cc1cnc[nH]1)C(=O)NC(Cc1c[nH]c2ccccc12)C(=O)O. The van der Waals surface area contributed by atoms with Crippen LogP contribution in [-0.2, 0) is 36.8 Å². The van der Waals surface area contributed by atoms with Crippen molar-refractivity contribution in [1.29, 1.82) is 0 Å². The number of para-hydroxylation sites is 1. The van der Waals surface area contributed by atoms with Crippen molar-refractivity contribution in [1.82, 2.24) is 30.9 Å². The van der Waals surface area contributed by atoms with Crippen LogP contribution < -0.4 is 21.7 Å². The fraction of sp³-hybridized carbons (Fsp3) is 0.304. The molecule has 37 heavy (non-hydrogen) atoms. The molecule has 0 radical (unpaired) electrons. The number of hydrogen-bond acceptors (Lipinski definition) is 7. The normalized spacial score (nSPS) is 13.3. The van der Waals surface area contributed by atoms with Crippen LogP contribution in [0.25, 0.3) is 10.9 Å². The lowest BCUT2D eigenvalue weighted by Crippen LogP contribution is -2.55. The molecule has 14 heteroatoms. The molecule has 3 rings (SSSR count). The third kappa shape index (κ3) is 7.63. The van der Waals surface area contributed by atoms with E-state index in [2.05, 4.69) is 30.9 Å². The minimum absolute atomic E-state index is 0.00661. The van der Waals surface area contributed by atoms with Crippen molar-refractivity contribution in [3.63, 3.8) is 0 Å². The molecule has 0 aliphatic rings. The Labute approximate surface area is 210 Å². The van der Waals surface area contributed by atoms with Crippen LogP contribution in [-0.4, -0.2) is 79.5 Å². The van der Waals surface area contributed by atoms with Gasteiger partial charge in [0.25, 0.3) is 0 Å². The fourth-order valence-corrected chi connectivity index (χ4v) is 3.64. The third-order valence-electron chi connectivity index (χ3n) is 5.50. The van der Waals surface area contributed by atoms with Crippen molar-refractivity contribution in [2.45, 2.75) is 37.4 Å². The van der Waals surface area contributed by atoms with Crippen molar-refractivity contribution >= 4 is 40.6 Å². The number of hydrogen-bond donors (Lipinski definition) is 8. The van der Waals surface area contributed by atoms with Crippen LogP contribution in [0, 0.1) is 0 Å².